The number of nitrogens with one attached hydrogen (secondary N) is 1. The van der Waals surface area contributed by atoms with Crippen molar-refractivity contribution in [3.05, 3.63) is 35.2 Å². The molecule has 0 aliphatic carbocycles. The fourth-order valence-corrected chi connectivity index (χ4v) is 2.64. The molecule has 0 amide bonds. The molecule has 19 heavy (non-hydrogen) atoms. The summed E-state index contributed by atoms with van der Waals surface area (Å²) in [6.45, 7) is 4.10. The third-order valence-electron chi connectivity index (χ3n) is 3.62. The molecular weight excluding hydrogens is 262 g/mol. The first-order valence-corrected chi connectivity index (χ1v) is 6.86. The molecule has 3 rings (SSSR count). The smallest absolute Gasteiger partial charge is 0.234 e. The molecule has 1 atom stereocenters. The van der Waals surface area contributed by atoms with Crippen molar-refractivity contribution in [3.63, 3.8) is 0 Å². The van der Waals surface area contributed by atoms with Crippen LogP contribution in [0.3, 0.4) is 0 Å². The van der Waals surface area contributed by atoms with Crippen LogP contribution in [-0.2, 0) is 5.41 Å². The largest absolute Gasteiger partial charge is 0.338 e. The molecular formula is C14H16ClN3O. The lowest BCUT2D eigenvalue weighted by Crippen LogP contribution is -2.41. The molecule has 5 heteroatoms. The number of benzene rings is 1. The number of rotatable bonds is 2. The van der Waals surface area contributed by atoms with E-state index in [1.165, 1.54) is 0 Å². The molecule has 2 heterocycles. The average Bonchev–Trinajstić information content (AvgIpc) is 2.90. The molecule has 4 nitrogen and oxygen atoms in total. The molecule has 2 aromatic rings. The molecule has 1 fully saturated rings. The second-order valence-corrected chi connectivity index (χ2v) is 5.71. The monoisotopic (exact) mass is 277 g/mol. The lowest BCUT2D eigenvalue weighted by atomic mass is 9.83. The lowest BCUT2D eigenvalue weighted by Gasteiger charge is -2.30. The van der Waals surface area contributed by atoms with Crippen LogP contribution in [0.1, 0.15) is 25.7 Å². The first-order chi connectivity index (χ1) is 9.17. The van der Waals surface area contributed by atoms with Gasteiger partial charge in [-0.25, -0.2) is 0 Å². The number of hydrogen-bond acceptors (Lipinski definition) is 4. The van der Waals surface area contributed by atoms with Crippen molar-refractivity contribution in [1.82, 2.24) is 15.5 Å². The van der Waals surface area contributed by atoms with Crippen molar-refractivity contribution in [3.8, 4) is 11.4 Å². The zero-order valence-corrected chi connectivity index (χ0v) is 11.6. The van der Waals surface area contributed by atoms with Crippen LogP contribution >= 0.6 is 11.6 Å². The fraction of sp³-hybridized carbons (Fsp3) is 0.429. The van der Waals surface area contributed by atoms with Gasteiger partial charge in [-0.2, -0.15) is 4.98 Å². The van der Waals surface area contributed by atoms with Gasteiger partial charge in [0, 0.05) is 17.1 Å². The highest BCUT2D eigenvalue weighted by Gasteiger charge is 2.34. The Morgan fingerprint density at radius 3 is 3.05 bits per heavy atom. The number of hydrogen-bond donors (Lipinski definition) is 1. The van der Waals surface area contributed by atoms with Gasteiger partial charge in [-0.15, -0.1) is 0 Å². The summed E-state index contributed by atoms with van der Waals surface area (Å²) in [6, 6.07) is 7.50. The van der Waals surface area contributed by atoms with Gasteiger partial charge in [0.05, 0.1) is 5.41 Å². The Kier molecular flexibility index (Phi) is 3.29. The molecule has 1 aliphatic rings. The van der Waals surface area contributed by atoms with E-state index in [0.717, 1.165) is 31.5 Å². The molecule has 0 bridgehead atoms. The summed E-state index contributed by atoms with van der Waals surface area (Å²) in [6.07, 6.45) is 2.20. The maximum Gasteiger partial charge on any atom is 0.234 e. The maximum atomic E-state index is 5.98. The summed E-state index contributed by atoms with van der Waals surface area (Å²) in [5.41, 5.74) is 0.817. The van der Waals surface area contributed by atoms with Crippen LogP contribution in [0.5, 0.6) is 0 Å². The Balaban J connectivity index is 1.91. The first kappa shape index (κ1) is 12.6. The van der Waals surface area contributed by atoms with Gasteiger partial charge in [0.2, 0.25) is 11.7 Å². The summed E-state index contributed by atoms with van der Waals surface area (Å²) in [7, 11) is 0. The lowest BCUT2D eigenvalue weighted by molar-refractivity contribution is 0.245. The van der Waals surface area contributed by atoms with Crippen molar-refractivity contribution >= 4 is 11.6 Å². The van der Waals surface area contributed by atoms with Crippen molar-refractivity contribution in [2.24, 2.45) is 0 Å². The second kappa shape index (κ2) is 4.94. The van der Waals surface area contributed by atoms with E-state index < -0.39 is 0 Å². The molecule has 1 N–H and O–H groups in total. The van der Waals surface area contributed by atoms with Crippen LogP contribution in [-0.4, -0.2) is 23.2 Å². The van der Waals surface area contributed by atoms with Crippen LogP contribution in [0.15, 0.2) is 28.8 Å². The molecule has 0 saturated carbocycles. The molecule has 0 spiro atoms. The van der Waals surface area contributed by atoms with Gasteiger partial charge in [-0.3, -0.25) is 0 Å². The van der Waals surface area contributed by atoms with Gasteiger partial charge >= 0.3 is 0 Å². The molecule has 1 unspecified atom stereocenters. The van der Waals surface area contributed by atoms with Crippen molar-refractivity contribution in [2.75, 3.05) is 13.1 Å². The fourth-order valence-electron chi connectivity index (χ4n) is 2.45. The minimum atomic E-state index is -0.0674. The van der Waals surface area contributed by atoms with E-state index in [2.05, 4.69) is 22.4 Å². The zero-order valence-electron chi connectivity index (χ0n) is 10.8. The van der Waals surface area contributed by atoms with Gasteiger partial charge in [-0.1, -0.05) is 28.9 Å². The number of aromatic nitrogens is 2. The summed E-state index contributed by atoms with van der Waals surface area (Å²) in [5.74, 6) is 1.30. The summed E-state index contributed by atoms with van der Waals surface area (Å²) < 4.78 is 5.46. The molecule has 100 valence electrons. The van der Waals surface area contributed by atoms with Gasteiger partial charge < -0.3 is 9.84 Å². The highest BCUT2D eigenvalue weighted by Crippen LogP contribution is 2.31. The Hall–Kier alpha value is -1.39. The summed E-state index contributed by atoms with van der Waals surface area (Å²) in [5, 5.41) is 8.13. The summed E-state index contributed by atoms with van der Waals surface area (Å²) in [4.78, 5) is 4.54. The standard InChI is InChI=1S/C14H16ClN3O/c1-14(6-3-7-16-9-14)13-17-12(18-19-13)10-4-2-5-11(15)8-10/h2,4-5,8,16H,3,6-7,9H2,1H3. The van der Waals surface area contributed by atoms with E-state index in [1.54, 1.807) is 0 Å². The minimum absolute atomic E-state index is 0.0674. The number of nitrogens with zero attached hydrogens (tertiary/aromatic N) is 2. The number of piperidine rings is 1. The van der Waals surface area contributed by atoms with E-state index in [-0.39, 0.29) is 5.41 Å². The zero-order chi connectivity index (χ0) is 13.3. The second-order valence-electron chi connectivity index (χ2n) is 5.27. The Bertz CT molecular complexity index is 576. The predicted molar refractivity (Wildman–Crippen MR) is 74.2 cm³/mol. The Morgan fingerprint density at radius 2 is 2.32 bits per heavy atom. The maximum absolute atomic E-state index is 5.98. The molecule has 1 saturated heterocycles. The molecule has 0 radical (unpaired) electrons. The van der Waals surface area contributed by atoms with Crippen LogP contribution in [0, 0.1) is 0 Å². The topological polar surface area (TPSA) is 51.0 Å². The van der Waals surface area contributed by atoms with Crippen LogP contribution < -0.4 is 5.32 Å². The Labute approximate surface area is 117 Å². The van der Waals surface area contributed by atoms with Gasteiger partial charge in [0.1, 0.15) is 0 Å². The van der Waals surface area contributed by atoms with Crippen LogP contribution in [0.25, 0.3) is 11.4 Å². The van der Waals surface area contributed by atoms with Gasteiger partial charge in [-0.05, 0) is 38.4 Å². The average molecular weight is 278 g/mol. The van der Waals surface area contributed by atoms with E-state index in [4.69, 9.17) is 16.1 Å². The molecule has 1 aromatic carbocycles. The van der Waals surface area contributed by atoms with Gasteiger partial charge in [0.25, 0.3) is 0 Å². The third kappa shape index (κ3) is 2.51. The predicted octanol–water partition coefficient (Wildman–Crippen LogP) is 3.03. The molecule has 1 aromatic heterocycles. The third-order valence-corrected chi connectivity index (χ3v) is 3.86. The van der Waals surface area contributed by atoms with E-state index in [0.29, 0.717) is 16.7 Å². The van der Waals surface area contributed by atoms with Crippen molar-refractivity contribution < 1.29 is 4.52 Å². The minimum Gasteiger partial charge on any atom is -0.338 e. The highest BCUT2D eigenvalue weighted by molar-refractivity contribution is 6.30. The quantitative estimate of drug-likeness (QED) is 0.917. The van der Waals surface area contributed by atoms with Crippen LogP contribution in [0.4, 0.5) is 0 Å². The summed E-state index contributed by atoms with van der Waals surface area (Å²) >= 11 is 5.98. The Morgan fingerprint density at radius 1 is 1.42 bits per heavy atom. The first-order valence-electron chi connectivity index (χ1n) is 6.48. The van der Waals surface area contributed by atoms with Crippen molar-refractivity contribution in [2.45, 2.75) is 25.2 Å². The van der Waals surface area contributed by atoms with Gasteiger partial charge in [0.15, 0.2) is 0 Å². The van der Waals surface area contributed by atoms with Crippen LogP contribution in [0.2, 0.25) is 5.02 Å². The highest BCUT2D eigenvalue weighted by atomic mass is 35.5. The van der Waals surface area contributed by atoms with E-state index in [1.807, 2.05) is 24.3 Å². The van der Waals surface area contributed by atoms with E-state index >= 15 is 0 Å². The SMILES string of the molecule is CC1(c2nc(-c3cccc(Cl)c3)no2)CCCNC1. The molecule has 1 aliphatic heterocycles. The van der Waals surface area contributed by atoms with E-state index in [9.17, 15) is 0 Å². The normalized spacial score (nSPS) is 23.5. The number of halogens is 1. The van der Waals surface area contributed by atoms with Crippen molar-refractivity contribution in [1.29, 1.82) is 0 Å².